The van der Waals surface area contributed by atoms with E-state index in [0.717, 1.165) is 6.42 Å². The van der Waals surface area contributed by atoms with Gasteiger partial charge in [0, 0.05) is 35.2 Å². The molecule has 0 spiro atoms. The lowest BCUT2D eigenvalue weighted by Crippen LogP contribution is -2.29. The van der Waals surface area contributed by atoms with Crippen LogP contribution in [0.3, 0.4) is 0 Å². The van der Waals surface area contributed by atoms with Gasteiger partial charge in [-0.15, -0.1) is 0 Å². The fourth-order valence-electron chi connectivity index (χ4n) is 4.20. The summed E-state index contributed by atoms with van der Waals surface area (Å²) in [6.07, 6.45) is 7.72. The number of benzene rings is 2. The summed E-state index contributed by atoms with van der Waals surface area (Å²) in [6, 6.07) is 19.7. The zero-order chi connectivity index (χ0) is 18.3. The molecule has 3 aromatic rings. The molecule has 0 saturated carbocycles. The first kappa shape index (κ1) is 16.7. The summed E-state index contributed by atoms with van der Waals surface area (Å²) in [6.45, 7) is 4.63. The molecule has 0 amide bonds. The number of hydrogen-bond acceptors (Lipinski definition) is 0. The Morgan fingerprint density at radius 1 is 0.962 bits per heavy atom. The Kier molecular flexibility index (Phi) is 3.99. The lowest BCUT2D eigenvalue weighted by atomic mass is 9.77. The zero-order valence-electron chi connectivity index (χ0n) is 16.0. The SMILES string of the molecule is CCC1(C)C(/C=C/c2ccc3c(ccc[n+]3C)c2)=[N+](C)c2ccccc21. The van der Waals surface area contributed by atoms with E-state index in [1.165, 1.54) is 33.4 Å². The number of fused-ring (bicyclic) bond motifs is 2. The summed E-state index contributed by atoms with van der Waals surface area (Å²) >= 11 is 0. The van der Waals surface area contributed by atoms with Crippen molar-refractivity contribution in [1.82, 2.24) is 0 Å². The average molecular weight is 342 g/mol. The van der Waals surface area contributed by atoms with Crippen molar-refractivity contribution in [2.24, 2.45) is 7.05 Å². The summed E-state index contributed by atoms with van der Waals surface area (Å²) < 4.78 is 4.50. The van der Waals surface area contributed by atoms with Crippen LogP contribution in [0.25, 0.3) is 17.0 Å². The second-order valence-corrected chi connectivity index (χ2v) is 7.42. The van der Waals surface area contributed by atoms with Crippen LogP contribution in [0.15, 0.2) is 66.9 Å². The van der Waals surface area contributed by atoms with E-state index in [0.29, 0.717) is 0 Å². The number of aryl methyl sites for hydroxylation is 1. The van der Waals surface area contributed by atoms with E-state index in [2.05, 4.69) is 110 Å². The molecule has 0 N–H and O–H groups in total. The Morgan fingerprint density at radius 2 is 1.77 bits per heavy atom. The Labute approximate surface area is 155 Å². The van der Waals surface area contributed by atoms with Crippen molar-refractivity contribution in [2.45, 2.75) is 25.7 Å². The molecule has 2 aromatic carbocycles. The molecule has 1 atom stereocenters. The molecule has 2 heterocycles. The lowest BCUT2D eigenvalue weighted by Gasteiger charge is -2.19. The molecular formula is C24H26N2+2. The summed E-state index contributed by atoms with van der Waals surface area (Å²) in [5.74, 6) is 0. The van der Waals surface area contributed by atoms with Gasteiger partial charge in [-0.05, 0) is 43.2 Å². The van der Waals surface area contributed by atoms with E-state index >= 15 is 0 Å². The average Bonchev–Trinajstić information content (AvgIpc) is 2.88. The highest BCUT2D eigenvalue weighted by Crippen LogP contribution is 2.41. The highest BCUT2D eigenvalue weighted by atomic mass is 15.0. The molecule has 1 aromatic heterocycles. The molecular weight excluding hydrogens is 316 g/mol. The van der Waals surface area contributed by atoms with Crippen molar-refractivity contribution >= 4 is 28.4 Å². The predicted molar refractivity (Wildman–Crippen MR) is 109 cm³/mol. The standard InChI is InChI=1S/C24H26N2/c1-5-24(2)20-10-6-7-11-22(20)26(4)23(24)15-13-18-12-14-21-19(17-18)9-8-16-25(21)3/h6-17H,5H2,1-4H3/q+2/b15-13+. The van der Waals surface area contributed by atoms with Gasteiger partial charge in [0.15, 0.2) is 11.9 Å². The molecule has 0 fully saturated rings. The Balaban J connectivity index is 1.76. The van der Waals surface area contributed by atoms with Crippen LogP contribution in [0.2, 0.25) is 0 Å². The zero-order valence-corrected chi connectivity index (χ0v) is 16.0. The number of aromatic nitrogens is 1. The Bertz CT molecular complexity index is 1060. The summed E-state index contributed by atoms with van der Waals surface area (Å²) in [4.78, 5) is 0. The number of allylic oxidation sites excluding steroid dienone is 1. The molecule has 26 heavy (non-hydrogen) atoms. The predicted octanol–water partition coefficient (Wildman–Crippen LogP) is 4.77. The number of nitrogens with zero attached hydrogens (tertiary/aromatic N) is 2. The quantitative estimate of drug-likeness (QED) is 0.605. The van der Waals surface area contributed by atoms with Gasteiger partial charge < -0.3 is 0 Å². The maximum absolute atomic E-state index is 2.36. The number of rotatable bonds is 3. The first-order valence-electron chi connectivity index (χ1n) is 9.32. The van der Waals surface area contributed by atoms with Gasteiger partial charge in [-0.3, -0.25) is 0 Å². The van der Waals surface area contributed by atoms with E-state index in [9.17, 15) is 0 Å². The highest BCUT2D eigenvalue weighted by Gasteiger charge is 2.44. The van der Waals surface area contributed by atoms with Gasteiger partial charge in [0.1, 0.15) is 14.1 Å². The third-order valence-electron chi connectivity index (χ3n) is 5.94. The van der Waals surface area contributed by atoms with E-state index < -0.39 is 0 Å². The van der Waals surface area contributed by atoms with Crippen molar-refractivity contribution < 1.29 is 9.14 Å². The van der Waals surface area contributed by atoms with Gasteiger partial charge in [0.25, 0.3) is 0 Å². The van der Waals surface area contributed by atoms with E-state index in [1.807, 2.05) is 0 Å². The molecule has 2 heteroatoms. The van der Waals surface area contributed by atoms with Crippen molar-refractivity contribution in [2.75, 3.05) is 7.05 Å². The van der Waals surface area contributed by atoms with Crippen LogP contribution >= 0.6 is 0 Å². The van der Waals surface area contributed by atoms with Crippen molar-refractivity contribution in [3.05, 3.63) is 78.0 Å². The topological polar surface area (TPSA) is 6.89 Å². The minimum Gasteiger partial charge on any atom is -0.201 e. The highest BCUT2D eigenvalue weighted by molar-refractivity contribution is 6.05. The first-order valence-corrected chi connectivity index (χ1v) is 9.32. The van der Waals surface area contributed by atoms with Crippen molar-refractivity contribution in [1.29, 1.82) is 0 Å². The molecule has 0 bridgehead atoms. The van der Waals surface area contributed by atoms with Crippen LogP contribution in [0.5, 0.6) is 0 Å². The van der Waals surface area contributed by atoms with Crippen LogP contribution in [0.1, 0.15) is 31.4 Å². The Morgan fingerprint density at radius 3 is 2.58 bits per heavy atom. The smallest absolute Gasteiger partial charge is 0.201 e. The molecule has 130 valence electrons. The monoisotopic (exact) mass is 342 g/mol. The summed E-state index contributed by atoms with van der Waals surface area (Å²) in [5.41, 5.74) is 6.66. The van der Waals surface area contributed by atoms with Crippen LogP contribution in [0.4, 0.5) is 5.69 Å². The van der Waals surface area contributed by atoms with Gasteiger partial charge in [0.05, 0.1) is 5.41 Å². The normalized spacial score (nSPS) is 19.5. The summed E-state index contributed by atoms with van der Waals surface area (Å²) in [7, 11) is 4.27. The van der Waals surface area contributed by atoms with Gasteiger partial charge in [-0.2, -0.15) is 4.58 Å². The molecule has 1 aliphatic rings. The van der Waals surface area contributed by atoms with E-state index in [1.54, 1.807) is 0 Å². The fourth-order valence-corrected chi connectivity index (χ4v) is 4.20. The molecule has 1 unspecified atom stereocenters. The number of pyridine rings is 1. The van der Waals surface area contributed by atoms with Crippen molar-refractivity contribution in [3.8, 4) is 0 Å². The van der Waals surface area contributed by atoms with Crippen LogP contribution in [-0.4, -0.2) is 17.3 Å². The second kappa shape index (κ2) is 6.21. The number of hydrogen-bond donors (Lipinski definition) is 0. The molecule has 1 aliphatic heterocycles. The minimum atomic E-state index is 0.0606. The maximum atomic E-state index is 2.36. The van der Waals surface area contributed by atoms with Gasteiger partial charge in [0.2, 0.25) is 11.2 Å². The van der Waals surface area contributed by atoms with Crippen LogP contribution in [-0.2, 0) is 12.5 Å². The van der Waals surface area contributed by atoms with Gasteiger partial charge >= 0.3 is 0 Å². The lowest BCUT2D eigenvalue weighted by molar-refractivity contribution is -0.644. The van der Waals surface area contributed by atoms with E-state index in [-0.39, 0.29) is 5.41 Å². The second-order valence-electron chi connectivity index (χ2n) is 7.42. The minimum absolute atomic E-state index is 0.0606. The van der Waals surface area contributed by atoms with Gasteiger partial charge in [-0.25, -0.2) is 4.57 Å². The first-order chi connectivity index (χ1) is 12.5. The molecule has 2 nitrogen and oxygen atoms in total. The Hall–Kier alpha value is -2.74. The van der Waals surface area contributed by atoms with Gasteiger partial charge in [-0.1, -0.05) is 25.1 Å². The third-order valence-corrected chi connectivity index (χ3v) is 5.94. The maximum Gasteiger partial charge on any atom is 0.212 e. The number of para-hydroxylation sites is 1. The van der Waals surface area contributed by atoms with Crippen molar-refractivity contribution in [3.63, 3.8) is 0 Å². The van der Waals surface area contributed by atoms with Crippen LogP contribution < -0.4 is 4.57 Å². The molecule has 0 aliphatic carbocycles. The van der Waals surface area contributed by atoms with E-state index in [4.69, 9.17) is 0 Å². The molecule has 0 radical (unpaired) electrons. The fraction of sp³-hybridized carbons (Fsp3) is 0.250. The summed E-state index contributed by atoms with van der Waals surface area (Å²) in [5, 5.41) is 1.27. The third kappa shape index (κ3) is 2.48. The molecule has 4 rings (SSSR count). The van der Waals surface area contributed by atoms with Crippen LogP contribution in [0, 0.1) is 0 Å². The largest absolute Gasteiger partial charge is 0.212 e. The molecule has 0 saturated heterocycles.